The van der Waals surface area contributed by atoms with Crippen molar-refractivity contribution in [2.45, 2.75) is 43.0 Å². The summed E-state index contributed by atoms with van der Waals surface area (Å²) in [5.41, 5.74) is 0.574. The summed E-state index contributed by atoms with van der Waals surface area (Å²) in [5.74, 6) is -0.203. The minimum absolute atomic E-state index is 0.0413. The number of hydrogen-bond acceptors (Lipinski definition) is 4. The van der Waals surface area contributed by atoms with E-state index in [0.29, 0.717) is 22.2 Å². The van der Waals surface area contributed by atoms with Crippen LogP contribution in [0.4, 0.5) is 4.39 Å². The fraction of sp³-hybridized carbons (Fsp3) is 0.529. The van der Waals surface area contributed by atoms with Crippen molar-refractivity contribution in [2.24, 2.45) is 4.99 Å². The number of nitrogens with zero attached hydrogens (tertiary/aromatic N) is 2. The number of thioether (sulfide) groups is 1. The van der Waals surface area contributed by atoms with Gasteiger partial charge in [-0.2, -0.15) is 0 Å². The van der Waals surface area contributed by atoms with Crippen LogP contribution in [0.25, 0.3) is 6.08 Å². The predicted molar refractivity (Wildman–Crippen MR) is 89.1 cm³/mol. The predicted octanol–water partition coefficient (Wildman–Crippen LogP) is 0.568. The van der Waals surface area contributed by atoms with Crippen molar-refractivity contribution >= 4 is 23.7 Å². The molecule has 0 aromatic heterocycles. The molecule has 0 aliphatic carbocycles. The first-order chi connectivity index (χ1) is 11.0. The van der Waals surface area contributed by atoms with Gasteiger partial charge in [0.05, 0.1) is 10.7 Å². The number of nitrogens with one attached hydrogen (secondary N) is 1. The SMILES string of the molecule is Cc1c(F)ccc2c1=CC(C(=O)N1CCC3NC(C)SC3C1)N=2. The van der Waals surface area contributed by atoms with Gasteiger partial charge in [-0.1, -0.05) is 0 Å². The van der Waals surface area contributed by atoms with Gasteiger partial charge in [0.1, 0.15) is 11.9 Å². The monoisotopic (exact) mass is 333 g/mol. The molecule has 0 saturated carbocycles. The van der Waals surface area contributed by atoms with E-state index in [4.69, 9.17) is 0 Å². The van der Waals surface area contributed by atoms with Crippen molar-refractivity contribution in [1.29, 1.82) is 0 Å². The number of likely N-dealkylation sites (tertiary alicyclic amines) is 1. The molecule has 2 saturated heterocycles. The molecule has 3 heterocycles. The molecule has 1 aromatic rings. The second-order valence-corrected chi connectivity index (χ2v) is 8.09. The average Bonchev–Trinajstić information content (AvgIpc) is 3.12. The molecule has 122 valence electrons. The molecule has 4 rings (SSSR count). The highest BCUT2D eigenvalue weighted by molar-refractivity contribution is 8.00. The van der Waals surface area contributed by atoms with E-state index in [1.165, 1.54) is 6.07 Å². The van der Waals surface area contributed by atoms with Crippen molar-refractivity contribution in [3.63, 3.8) is 0 Å². The highest BCUT2D eigenvalue weighted by Crippen LogP contribution is 2.32. The molecule has 0 spiro atoms. The average molecular weight is 333 g/mol. The van der Waals surface area contributed by atoms with Crippen LogP contribution < -0.4 is 15.9 Å². The van der Waals surface area contributed by atoms with Crippen LogP contribution in [0.2, 0.25) is 0 Å². The van der Waals surface area contributed by atoms with Gasteiger partial charge < -0.3 is 10.2 Å². The minimum Gasteiger partial charge on any atom is -0.339 e. The lowest BCUT2D eigenvalue weighted by atomic mass is 10.0. The Balaban J connectivity index is 1.55. The lowest BCUT2D eigenvalue weighted by molar-refractivity contribution is -0.132. The highest BCUT2D eigenvalue weighted by Gasteiger charge is 2.39. The number of benzene rings is 1. The fourth-order valence-corrected chi connectivity index (χ4v) is 5.17. The third-order valence-electron chi connectivity index (χ3n) is 4.98. The second kappa shape index (κ2) is 5.60. The van der Waals surface area contributed by atoms with Gasteiger partial charge in [0, 0.05) is 29.6 Å². The van der Waals surface area contributed by atoms with Crippen LogP contribution in [0, 0.1) is 12.7 Å². The maximum Gasteiger partial charge on any atom is 0.251 e. The quantitative estimate of drug-likeness (QED) is 0.817. The number of hydrogen-bond donors (Lipinski definition) is 1. The molecule has 23 heavy (non-hydrogen) atoms. The number of carbonyl (C=O) groups is 1. The van der Waals surface area contributed by atoms with Crippen molar-refractivity contribution in [1.82, 2.24) is 10.2 Å². The van der Waals surface area contributed by atoms with Crippen LogP contribution in [0.15, 0.2) is 17.1 Å². The smallest absolute Gasteiger partial charge is 0.251 e. The molecule has 6 heteroatoms. The molecule has 3 aliphatic heterocycles. The molecule has 2 fully saturated rings. The van der Waals surface area contributed by atoms with Crippen LogP contribution in [-0.4, -0.2) is 46.6 Å². The molecule has 0 radical (unpaired) electrons. The van der Waals surface area contributed by atoms with Crippen molar-refractivity contribution < 1.29 is 9.18 Å². The van der Waals surface area contributed by atoms with Gasteiger partial charge in [0.2, 0.25) is 0 Å². The van der Waals surface area contributed by atoms with Crippen LogP contribution in [0.1, 0.15) is 18.9 Å². The van der Waals surface area contributed by atoms with Gasteiger partial charge in [-0.15, -0.1) is 11.8 Å². The van der Waals surface area contributed by atoms with Crippen LogP contribution >= 0.6 is 11.8 Å². The molecule has 0 bridgehead atoms. The fourth-order valence-electron chi connectivity index (χ4n) is 3.72. The van der Waals surface area contributed by atoms with E-state index in [-0.39, 0.29) is 11.7 Å². The van der Waals surface area contributed by atoms with E-state index in [2.05, 4.69) is 17.2 Å². The van der Waals surface area contributed by atoms with E-state index in [9.17, 15) is 9.18 Å². The molecule has 4 atom stereocenters. The van der Waals surface area contributed by atoms with Gasteiger partial charge in [-0.3, -0.25) is 9.79 Å². The molecule has 1 N–H and O–H groups in total. The summed E-state index contributed by atoms with van der Waals surface area (Å²) in [5, 5.41) is 5.98. The summed E-state index contributed by atoms with van der Waals surface area (Å²) in [6.45, 7) is 5.45. The van der Waals surface area contributed by atoms with Gasteiger partial charge in [-0.05, 0) is 44.0 Å². The maximum atomic E-state index is 13.7. The zero-order valence-electron chi connectivity index (χ0n) is 13.3. The molecule has 4 nitrogen and oxygen atoms in total. The molecule has 1 amide bonds. The van der Waals surface area contributed by atoms with E-state index < -0.39 is 6.04 Å². The lowest BCUT2D eigenvalue weighted by Gasteiger charge is -2.34. The first-order valence-electron chi connectivity index (χ1n) is 8.08. The molecular formula is C17H20FN3OS. The standard InChI is InChI=1S/C17H20FN3OS/c1-9-11-7-15(20-13(11)4-3-12(9)18)17(22)21-6-5-14-16(8-21)23-10(2)19-14/h3-4,7,10,14-16,19H,5-6,8H2,1-2H3. The first kappa shape index (κ1) is 15.1. The summed E-state index contributed by atoms with van der Waals surface area (Å²) in [6, 6.07) is 3.09. The van der Waals surface area contributed by atoms with Crippen molar-refractivity contribution in [2.75, 3.05) is 13.1 Å². The van der Waals surface area contributed by atoms with Crippen molar-refractivity contribution in [3.05, 3.63) is 34.1 Å². The second-order valence-electron chi connectivity index (χ2n) is 6.51. The Hall–Kier alpha value is -1.40. The number of halogens is 1. The molecular weight excluding hydrogens is 313 g/mol. The summed E-state index contributed by atoms with van der Waals surface area (Å²) in [6.07, 6.45) is 2.80. The van der Waals surface area contributed by atoms with E-state index in [1.54, 1.807) is 13.0 Å². The lowest BCUT2D eigenvalue weighted by Crippen LogP contribution is -2.51. The van der Waals surface area contributed by atoms with Gasteiger partial charge in [0.25, 0.3) is 5.91 Å². The summed E-state index contributed by atoms with van der Waals surface area (Å²) >= 11 is 1.91. The third kappa shape index (κ3) is 2.58. The largest absolute Gasteiger partial charge is 0.339 e. The Morgan fingerprint density at radius 1 is 1.48 bits per heavy atom. The maximum absolute atomic E-state index is 13.7. The number of carbonyl (C=O) groups excluding carboxylic acids is 1. The van der Waals surface area contributed by atoms with Crippen LogP contribution in [-0.2, 0) is 4.79 Å². The number of piperidine rings is 1. The van der Waals surface area contributed by atoms with Crippen molar-refractivity contribution in [3.8, 4) is 0 Å². The first-order valence-corrected chi connectivity index (χ1v) is 9.02. The topological polar surface area (TPSA) is 44.7 Å². The van der Waals surface area contributed by atoms with E-state index in [1.807, 2.05) is 22.7 Å². The van der Waals surface area contributed by atoms with E-state index >= 15 is 0 Å². The molecule has 4 unspecified atom stereocenters. The Morgan fingerprint density at radius 3 is 3.13 bits per heavy atom. The Morgan fingerprint density at radius 2 is 2.30 bits per heavy atom. The zero-order chi connectivity index (χ0) is 16.1. The van der Waals surface area contributed by atoms with Gasteiger partial charge in [-0.25, -0.2) is 4.39 Å². The number of amides is 1. The summed E-state index contributed by atoms with van der Waals surface area (Å²) in [4.78, 5) is 19.2. The molecule has 1 aromatic carbocycles. The number of fused-ring (bicyclic) bond motifs is 2. The summed E-state index contributed by atoms with van der Waals surface area (Å²) < 4.78 is 13.7. The summed E-state index contributed by atoms with van der Waals surface area (Å²) in [7, 11) is 0. The van der Waals surface area contributed by atoms with Crippen LogP contribution in [0.3, 0.4) is 0 Å². The minimum atomic E-state index is -0.501. The highest BCUT2D eigenvalue weighted by atomic mass is 32.2. The molecule has 3 aliphatic rings. The van der Waals surface area contributed by atoms with Gasteiger partial charge in [0.15, 0.2) is 0 Å². The third-order valence-corrected chi connectivity index (χ3v) is 6.35. The Bertz CT molecular complexity index is 781. The van der Waals surface area contributed by atoms with Gasteiger partial charge >= 0.3 is 0 Å². The van der Waals surface area contributed by atoms with E-state index in [0.717, 1.165) is 30.1 Å². The number of rotatable bonds is 1. The Labute approximate surface area is 138 Å². The Kier molecular flexibility index (Phi) is 3.69. The van der Waals surface area contributed by atoms with Crippen LogP contribution in [0.5, 0.6) is 0 Å². The zero-order valence-corrected chi connectivity index (χ0v) is 14.1. The normalized spacial score (nSPS) is 32.0.